The van der Waals surface area contributed by atoms with Crippen LogP contribution in [0.15, 0.2) is 18.2 Å². The Kier molecular flexibility index (Phi) is 6.53. The average molecular weight is 366 g/mol. The molecule has 1 heterocycles. The second kappa shape index (κ2) is 7.97. The minimum atomic E-state index is -3.23. The van der Waals surface area contributed by atoms with Crippen molar-refractivity contribution in [3.05, 3.63) is 33.8 Å². The summed E-state index contributed by atoms with van der Waals surface area (Å²) in [7, 11) is -3.23. The molecule has 0 saturated carbocycles. The summed E-state index contributed by atoms with van der Waals surface area (Å²) in [4.78, 5) is 0. The van der Waals surface area contributed by atoms with Gasteiger partial charge in [0.15, 0.2) is 0 Å². The van der Waals surface area contributed by atoms with Gasteiger partial charge in [0.25, 0.3) is 0 Å². The summed E-state index contributed by atoms with van der Waals surface area (Å²) in [6.45, 7) is 2.55. The number of hydrogen-bond acceptors (Lipinski definition) is 3. The lowest BCUT2D eigenvalue weighted by Gasteiger charge is -2.26. The highest BCUT2D eigenvalue weighted by atomic mass is 35.5. The third kappa shape index (κ3) is 4.83. The lowest BCUT2D eigenvalue weighted by atomic mass is 9.89. The van der Waals surface area contributed by atoms with Gasteiger partial charge in [-0.05, 0) is 37.5 Å². The van der Waals surface area contributed by atoms with E-state index in [4.69, 9.17) is 27.9 Å². The van der Waals surface area contributed by atoms with E-state index in [1.165, 1.54) is 0 Å². The molecule has 124 valence electrons. The zero-order valence-electron chi connectivity index (χ0n) is 12.5. The van der Waals surface area contributed by atoms with Gasteiger partial charge in [-0.15, -0.1) is 0 Å². The molecule has 1 fully saturated rings. The molecule has 1 aliphatic heterocycles. The Morgan fingerprint density at radius 1 is 1.27 bits per heavy atom. The van der Waals surface area contributed by atoms with Crippen LogP contribution in [-0.4, -0.2) is 33.4 Å². The Balaban J connectivity index is 2.18. The van der Waals surface area contributed by atoms with Crippen molar-refractivity contribution >= 4 is 33.2 Å². The van der Waals surface area contributed by atoms with Gasteiger partial charge in [-0.25, -0.2) is 13.1 Å². The SMILES string of the molecule is CCS(=O)(=O)NC[C@H]1OCCCC[C@H]1c1ccc(Cl)c(Cl)c1. The molecular weight excluding hydrogens is 345 g/mol. The molecule has 0 amide bonds. The van der Waals surface area contributed by atoms with E-state index < -0.39 is 10.0 Å². The van der Waals surface area contributed by atoms with Crippen LogP contribution >= 0.6 is 23.2 Å². The Morgan fingerprint density at radius 3 is 2.73 bits per heavy atom. The molecule has 0 bridgehead atoms. The highest BCUT2D eigenvalue weighted by molar-refractivity contribution is 7.89. The first kappa shape index (κ1) is 18.0. The van der Waals surface area contributed by atoms with Gasteiger partial charge in [0, 0.05) is 19.1 Å². The van der Waals surface area contributed by atoms with Gasteiger partial charge in [0.2, 0.25) is 10.0 Å². The largest absolute Gasteiger partial charge is 0.376 e. The van der Waals surface area contributed by atoms with Crippen LogP contribution in [0.4, 0.5) is 0 Å². The van der Waals surface area contributed by atoms with Gasteiger partial charge in [-0.3, -0.25) is 0 Å². The molecule has 1 aromatic rings. The van der Waals surface area contributed by atoms with Crippen LogP contribution in [0.25, 0.3) is 0 Å². The first-order chi connectivity index (χ1) is 10.4. The van der Waals surface area contributed by atoms with E-state index in [2.05, 4.69) is 4.72 Å². The molecule has 1 saturated heterocycles. The Hall–Kier alpha value is -0.330. The minimum Gasteiger partial charge on any atom is -0.376 e. The molecule has 0 unspecified atom stereocenters. The molecule has 0 spiro atoms. The Bertz CT molecular complexity index is 607. The maximum atomic E-state index is 11.7. The smallest absolute Gasteiger partial charge is 0.211 e. The highest BCUT2D eigenvalue weighted by Gasteiger charge is 2.27. The average Bonchev–Trinajstić information content (AvgIpc) is 2.73. The van der Waals surface area contributed by atoms with E-state index in [0.717, 1.165) is 24.8 Å². The number of nitrogens with one attached hydrogen (secondary N) is 1. The van der Waals surface area contributed by atoms with Crippen LogP contribution in [0.5, 0.6) is 0 Å². The van der Waals surface area contributed by atoms with Crippen LogP contribution in [0.3, 0.4) is 0 Å². The van der Waals surface area contributed by atoms with E-state index in [9.17, 15) is 8.42 Å². The summed E-state index contributed by atoms with van der Waals surface area (Å²) in [6.07, 6.45) is 2.77. The van der Waals surface area contributed by atoms with Crippen LogP contribution in [-0.2, 0) is 14.8 Å². The zero-order chi connectivity index (χ0) is 16.2. The lowest BCUT2D eigenvalue weighted by molar-refractivity contribution is 0.0498. The highest BCUT2D eigenvalue weighted by Crippen LogP contribution is 2.33. The van der Waals surface area contributed by atoms with Crippen molar-refractivity contribution in [3.8, 4) is 0 Å². The predicted molar refractivity (Wildman–Crippen MR) is 90.3 cm³/mol. The van der Waals surface area contributed by atoms with Gasteiger partial charge < -0.3 is 4.74 Å². The van der Waals surface area contributed by atoms with Crippen LogP contribution in [0.1, 0.15) is 37.7 Å². The fourth-order valence-electron chi connectivity index (χ4n) is 2.64. The monoisotopic (exact) mass is 365 g/mol. The van der Waals surface area contributed by atoms with Crippen molar-refractivity contribution in [2.45, 2.75) is 38.2 Å². The van der Waals surface area contributed by atoms with Crippen molar-refractivity contribution in [2.75, 3.05) is 18.9 Å². The Labute approximate surface area is 142 Å². The number of sulfonamides is 1. The standard InChI is InChI=1S/C15H21Cl2NO3S/c1-2-22(19,20)18-10-15-12(5-3-4-8-21-15)11-6-7-13(16)14(17)9-11/h6-7,9,12,15,18H,2-5,8,10H2,1H3/t12-,15+/m0/s1. The van der Waals surface area contributed by atoms with E-state index >= 15 is 0 Å². The molecule has 0 aliphatic carbocycles. The molecule has 2 rings (SSSR count). The molecule has 1 aromatic carbocycles. The maximum absolute atomic E-state index is 11.7. The van der Waals surface area contributed by atoms with Crippen molar-refractivity contribution < 1.29 is 13.2 Å². The number of ether oxygens (including phenoxy) is 1. The van der Waals surface area contributed by atoms with Gasteiger partial charge in [-0.2, -0.15) is 0 Å². The van der Waals surface area contributed by atoms with Crippen LogP contribution in [0.2, 0.25) is 10.0 Å². The van der Waals surface area contributed by atoms with E-state index in [0.29, 0.717) is 16.7 Å². The fraction of sp³-hybridized carbons (Fsp3) is 0.600. The van der Waals surface area contributed by atoms with Crippen molar-refractivity contribution in [2.24, 2.45) is 0 Å². The topological polar surface area (TPSA) is 55.4 Å². The second-order valence-corrected chi connectivity index (χ2v) is 8.35. The van der Waals surface area contributed by atoms with Gasteiger partial charge in [0.05, 0.1) is 21.9 Å². The predicted octanol–water partition coefficient (Wildman–Crippen LogP) is 3.59. The number of hydrogen-bond donors (Lipinski definition) is 1. The number of halogens is 2. The molecule has 1 aliphatic rings. The fourth-order valence-corrected chi connectivity index (χ4v) is 3.57. The Morgan fingerprint density at radius 2 is 2.05 bits per heavy atom. The van der Waals surface area contributed by atoms with Crippen LogP contribution < -0.4 is 4.72 Å². The first-order valence-corrected chi connectivity index (χ1v) is 9.87. The molecular formula is C15H21Cl2NO3S. The number of benzene rings is 1. The molecule has 4 nitrogen and oxygen atoms in total. The summed E-state index contributed by atoms with van der Waals surface area (Å²) in [5.74, 6) is 0.175. The van der Waals surface area contributed by atoms with Crippen LogP contribution in [0, 0.1) is 0 Å². The van der Waals surface area contributed by atoms with Gasteiger partial charge in [0.1, 0.15) is 0 Å². The first-order valence-electron chi connectivity index (χ1n) is 7.47. The third-order valence-electron chi connectivity index (χ3n) is 3.95. The van der Waals surface area contributed by atoms with E-state index in [1.807, 2.05) is 12.1 Å². The summed E-state index contributed by atoms with van der Waals surface area (Å²) in [6, 6.07) is 5.57. The molecule has 1 N–H and O–H groups in total. The van der Waals surface area contributed by atoms with Crippen molar-refractivity contribution in [1.82, 2.24) is 4.72 Å². The summed E-state index contributed by atoms with van der Waals surface area (Å²) >= 11 is 12.1. The molecule has 2 atom stereocenters. The molecule has 7 heteroatoms. The third-order valence-corrected chi connectivity index (χ3v) is 6.05. The van der Waals surface area contributed by atoms with Crippen molar-refractivity contribution in [3.63, 3.8) is 0 Å². The molecule has 22 heavy (non-hydrogen) atoms. The van der Waals surface area contributed by atoms with E-state index in [-0.39, 0.29) is 24.3 Å². The minimum absolute atomic E-state index is 0.0666. The number of rotatable bonds is 5. The maximum Gasteiger partial charge on any atom is 0.211 e. The van der Waals surface area contributed by atoms with Crippen molar-refractivity contribution in [1.29, 1.82) is 0 Å². The van der Waals surface area contributed by atoms with Gasteiger partial charge >= 0.3 is 0 Å². The summed E-state index contributed by atoms with van der Waals surface area (Å²) < 4.78 is 31.8. The molecule has 0 radical (unpaired) electrons. The molecule has 0 aromatic heterocycles. The normalized spacial score (nSPS) is 23.2. The quantitative estimate of drug-likeness (QED) is 0.867. The summed E-state index contributed by atoms with van der Waals surface area (Å²) in [5.41, 5.74) is 1.04. The van der Waals surface area contributed by atoms with E-state index in [1.54, 1.807) is 13.0 Å². The second-order valence-electron chi connectivity index (χ2n) is 5.44. The van der Waals surface area contributed by atoms with Gasteiger partial charge in [-0.1, -0.05) is 35.7 Å². The zero-order valence-corrected chi connectivity index (χ0v) is 14.8. The lowest BCUT2D eigenvalue weighted by Crippen LogP contribution is -2.37. The summed E-state index contributed by atoms with van der Waals surface area (Å²) in [5, 5.41) is 1.03.